The molecule has 5 aromatic rings. The smallest absolute Gasteiger partial charge is 0.494 e. The first-order valence-electron chi connectivity index (χ1n) is 11.7. The summed E-state index contributed by atoms with van der Waals surface area (Å²) >= 11 is 0. The van der Waals surface area contributed by atoms with Crippen LogP contribution in [0.25, 0.3) is 28.5 Å². The van der Waals surface area contributed by atoms with Crippen LogP contribution in [0, 0.1) is 6.92 Å². The molecule has 5 rings (SSSR count). The minimum absolute atomic E-state index is 0.0546. The van der Waals surface area contributed by atoms with Crippen LogP contribution in [0.15, 0.2) is 77.9 Å². The van der Waals surface area contributed by atoms with Gasteiger partial charge in [-0.15, -0.1) is 13.2 Å². The van der Waals surface area contributed by atoms with Crippen molar-refractivity contribution in [1.82, 2.24) is 29.3 Å². The number of alkyl halides is 5. The highest BCUT2D eigenvalue weighted by Gasteiger charge is 2.31. The van der Waals surface area contributed by atoms with Crippen LogP contribution < -0.4 is 19.6 Å². The first kappa shape index (κ1) is 27.4. The second-order valence-corrected chi connectivity index (χ2v) is 8.42. The number of halogens is 5. The van der Waals surface area contributed by atoms with E-state index in [1.807, 2.05) is 0 Å². The standard InChI is InChI=1S/C26H19F5N6O4/c1-15-12-20(36(33-15)16-4-3-5-18(13-16)41-26(29,30)31)24-21(38)9-11-35(34-24)19-7-6-17(14-22(19)39-2)37-23(8-10-32-37)40-25(27)28/h3-14,25H,1-2H3. The van der Waals surface area contributed by atoms with Crippen molar-refractivity contribution >= 4 is 0 Å². The van der Waals surface area contributed by atoms with E-state index in [2.05, 4.69) is 24.8 Å². The van der Waals surface area contributed by atoms with Gasteiger partial charge in [-0.1, -0.05) is 6.07 Å². The Hall–Kier alpha value is -5.21. The molecule has 0 bridgehead atoms. The molecule has 3 aromatic heterocycles. The molecule has 0 unspecified atom stereocenters. The first-order valence-corrected chi connectivity index (χ1v) is 11.7. The summed E-state index contributed by atoms with van der Waals surface area (Å²) in [5, 5.41) is 12.8. The molecule has 0 spiro atoms. The normalized spacial score (nSPS) is 11.6. The molecule has 0 atom stereocenters. The van der Waals surface area contributed by atoms with Crippen molar-refractivity contribution < 1.29 is 36.2 Å². The Bertz CT molecular complexity index is 1760. The van der Waals surface area contributed by atoms with Crippen LogP contribution in [0.2, 0.25) is 0 Å². The minimum atomic E-state index is -4.89. The highest BCUT2D eigenvalue weighted by molar-refractivity contribution is 5.60. The van der Waals surface area contributed by atoms with Crippen molar-refractivity contribution in [3.05, 3.63) is 89.0 Å². The average molecular weight is 574 g/mol. The van der Waals surface area contributed by atoms with E-state index < -0.39 is 24.2 Å². The summed E-state index contributed by atoms with van der Waals surface area (Å²) in [5.41, 5.74) is 1.08. The molecule has 0 amide bonds. The highest BCUT2D eigenvalue weighted by atomic mass is 19.4. The van der Waals surface area contributed by atoms with Crippen LogP contribution in [-0.4, -0.2) is 49.4 Å². The lowest BCUT2D eigenvalue weighted by molar-refractivity contribution is -0.274. The van der Waals surface area contributed by atoms with E-state index in [0.29, 0.717) is 17.1 Å². The van der Waals surface area contributed by atoms with Crippen molar-refractivity contribution in [1.29, 1.82) is 0 Å². The molecule has 15 heteroatoms. The van der Waals surface area contributed by atoms with Crippen LogP contribution in [0.1, 0.15) is 5.69 Å². The second kappa shape index (κ2) is 10.7. The Morgan fingerprint density at radius 1 is 0.927 bits per heavy atom. The summed E-state index contributed by atoms with van der Waals surface area (Å²) in [4.78, 5) is 12.9. The Morgan fingerprint density at radius 2 is 1.71 bits per heavy atom. The third kappa shape index (κ3) is 5.88. The van der Waals surface area contributed by atoms with Gasteiger partial charge in [0.25, 0.3) is 0 Å². The summed E-state index contributed by atoms with van der Waals surface area (Å²) in [6, 6.07) is 13.9. The lowest BCUT2D eigenvalue weighted by atomic mass is 10.2. The van der Waals surface area contributed by atoms with E-state index in [4.69, 9.17) is 4.74 Å². The lowest BCUT2D eigenvalue weighted by Crippen LogP contribution is -2.17. The molecule has 212 valence electrons. The molecule has 0 aliphatic rings. The second-order valence-electron chi connectivity index (χ2n) is 8.42. The third-order valence-electron chi connectivity index (χ3n) is 5.65. The first-order chi connectivity index (χ1) is 19.5. The van der Waals surface area contributed by atoms with Gasteiger partial charge in [-0.3, -0.25) is 4.79 Å². The van der Waals surface area contributed by atoms with Crippen molar-refractivity contribution in [2.75, 3.05) is 7.11 Å². The summed E-state index contributed by atoms with van der Waals surface area (Å²) in [5.74, 6) is -0.395. The maximum absolute atomic E-state index is 12.9. The summed E-state index contributed by atoms with van der Waals surface area (Å²) < 4.78 is 81.7. The Morgan fingerprint density at radius 3 is 2.44 bits per heavy atom. The highest BCUT2D eigenvalue weighted by Crippen LogP contribution is 2.30. The maximum atomic E-state index is 12.9. The summed E-state index contributed by atoms with van der Waals surface area (Å²) in [7, 11) is 1.39. The Balaban J connectivity index is 1.56. The van der Waals surface area contributed by atoms with Gasteiger partial charge in [-0.05, 0) is 37.3 Å². The van der Waals surface area contributed by atoms with E-state index in [-0.39, 0.29) is 28.7 Å². The van der Waals surface area contributed by atoms with E-state index in [1.54, 1.807) is 25.1 Å². The van der Waals surface area contributed by atoms with E-state index in [9.17, 15) is 26.7 Å². The topological polar surface area (TPSA) is 98.2 Å². The van der Waals surface area contributed by atoms with Gasteiger partial charge in [-0.25, -0.2) is 14.0 Å². The van der Waals surface area contributed by atoms with E-state index in [1.165, 1.54) is 59.2 Å². The Labute approximate surface area is 227 Å². The predicted molar refractivity (Wildman–Crippen MR) is 134 cm³/mol. The average Bonchev–Trinajstić information content (AvgIpc) is 3.54. The fraction of sp³-hybridized carbons (Fsp3) is 0.154. The lowest BCUT2D eigenvalue weighted by Gasteiger charge is -2.15. The molecule has 0 aliphatic carbocycles. The number of aromatic nitrogens is 6. The van der Waals surface area contributed by atoms with Crippen molar-refractivity contribution in [3.63, 3.8) is 0 Å². The van der Waals surface area contributed by atoms with Crippen LogP contribution in [0.4, 0.5) is 22.0 Å². The van der Waals surface area contributed by atoms with Gasteiger partial charge >= 0.3 is 13.0 Å². The number of nitrogens with zero attached hydrogens (tertiary/aromatic N) is 6. The number of aryl methyl sites for hydroxylation is 1. The van der Waals surface area contributed by atoms with Gasteiger partial charge in [0.2, 0.25) is 11.3 Å². The Kier molecular flexibility index (Phi) is 7.17. The van der Waals surface area contributed by atoms with Crippen molar-refractivity contribution in [2.45, 2.75) is 19.9 Å². The number of hydrogen-bond donors (Lipinski definition) is 0. The van der Waals surface area contributed by atoms with E-state index >= 15 is 0 Å². The zero-order valence-corrected chi connectivity index (χ0v) is 21.2. The number of ether oxygens (including phenoxy) is 3. The third-order valence-corrected chi connectivity index (χ3v) is 5.65. The fourth-order valence-electron chi connectivity index (χ4n) is 4.05. The molecule has 0 radical (unpaired) electrons. The molecule has 2 aromatic carbocycles. The largest absolute Gasteiger partial charge is 0.573 e. The molecular weight excluding hydrogens is 555 g/mol. The number of rotatable bonds is 8. The zero-order valence-electron chi connectivity index (χ0n) is 21.2. The van der Waals surface area contributed by atoms with Crippen LogP contribution in [0.3, 0.4) is 0 Å². The SMILES string of the molecule is COc1cc(-n2nccc2OC(F)F)ccc1-n1ccc(=O)c(-c2cc(C)nn2-c2cccc(OC(F)(F)F)c2)n1. The molecular formula is C26H19F5N6O4. The minimum Gasteiger partial charge on any atom is -0.494 e. The van der Waals surface area contributed by atoms with Crippen molar-refractivity contribution in [2.24, 2.45) is 0 Å². The monoisotopic (exact) mass is 574 g/mol. The number of methoxy groups -OCH3 is 1. The van der Waals surface area contributed by atoms with Gasteiger partial charge in [0, 0.05) is 30.5 Å². The van der Waals surface area contributed by atoms with Gasteiger partial charge in [0.1, 0.15) is 17.2 Å². The molecule has 0 saturated carbocycles. The van der Waals surface area contributed by atoms with Crippen LogP contribution in [-0.2, 0) is 0 Å². The molecule has 0 N–H and O–H groups in total. The van der Waals surface area contributed by atoms with Gasteiger partial charge in [-0.2, -0.15) is 24.1 Å². The number of hydrogen-bond acceptors (Lipinski definition) is 7. The van der Waals surface area contributed by atoms with Gasteiger partial charge in [0.15, 0.2) is 5.69 Å². The quantitative estimate of drug-likeness (QED) is 0.238. The van der Waals surface area contributed by atoms with Crippen molar-refractivity contribution in [3.8, 4) is 45.8 Å². The molecule has 3 heterocycles. The zero-order chi connectivity index (χ0) is 29.3. The molecule has 41 heavy (non-hydrogen) atoms. The van der Waals surface area contributed by atoms with E-state index in [0.717, 1.165) is 16.8 Å². The summed E-state index contributed by atoms with van der Waals surface area (Å²) in [6.07, 6.45) is -2.20. The molecule has 0 fully saturated rings. The van der Waals surface area contributed by atoms with Crippen LogP contribution >= 0.6 is 0 Å². The van der Waals surface area contributed by atoms with Crippen LogP contribution in [0.5, 0.6) is 17.4 Å². The fourth-order valence-corrected chi connectivity index (χ4v) is 4.05. The maximum Gasteiger partial charge on any atom is 0.573 e. The predicted octanol–water partition coefficient (Wildman–Crippen LogP) is 5.09. The molecule has 10 nitrogen and oxygen atoms in total. The number of benzene rings is 2. The molecule has 0 saturated heterocycles. The molecule has 0 aliphatic heterocycles. The van der Waals surface area contributed by atoms with Gasteiger partial charge < -0.3 is 14.2 Å². The summed E-state index contributed by atoms with van der Waals surface area (Å²) in [6.45, 7) is -1.40. The van der Waals surface area contributed by atoms with Gasteiger partial charge in [0.05, 0.1) is 36.1 Å².